The fourth-order valence-corrected chi connectivity index (χ4v) is 2.30. The van der Waals surface area contributed by atoms with Crippen molar-refractivity contribution in [1.82, 2.24) is 15.3 Å². The van der Waals surface area contributed by atoms with Crippen LogP contribution in [0, 0.1) is 16.7 Å². The first-order chi connectivity index (χ1) is 9.32. The molecule has 0 bridgehead atoms. The summed E-state index contributed by atoms with van der Waals surface area (Å²) < 4.78 is 0.781. The maximum atomic E-state index is 12.4. The molecule has 0 aliphatic heterocycles. The SMILES string of the molecule is CC(C)(C)C(C#N)NC(=O)c1cc(Br)cc2[nH]cnc12. The van der Waals surface area contributed by atoms with Crippen molar-refractivity contribution in [3.05, 3.63) is 28.5 Å². The second-order valence-electron chi connectivity index (χ2n) is 5.65. The summed E-state index contributed by atoms with van der Waals surface area (Å²) >= 11 is 3.37. The van der Waals surface area contributed by atoms with E-state index in [-0.39, 0.29) is 11.3 Å². The van der Waals surface area contributed by atoms with Gasteiger partial charge in [0.05, 0.1) is 23.5 Å². The van der Waals surface area contributed by atoms with E-state index in [9.17, 15) is 10.1 Å². The van der Waals surface area contributed by atoms with E-state index in [4.69, 9.17) is 0 Å². The van der Waals surface area contributed by atoms with E-state index >= 15 is 0 Å². The number of hydrogen-bond donors (Lipinski definition) is 2. The van der Waals surface area contributed by atoms with Gasteiger partial charge < -0.3 is 10.3 Å². The van der Waals surface area contributed by atoms with Gasteiger partial charge in [0.2, 0.25) is 0 Å². The molecule has 0 aliphatic rings. The summed E-state index contributed by atoms with van der Waals surface area (Å²) in [6.45, 7) is 5.73. The van der Waals surface area contributed by atoms with Gasteiger partial charge in [0, 0.05) is 4.47 Å². The van der Waals surface area contributed by atoms with Crippen LogP contribution in [0.25, 0.3) is 11.0 Å². The summed E-state index contributed by atoms with van der Waals surface area (Å²) in [6, 6.07) is 5.12. The van der Waals surface area contributed by atoms with Gasteiger partial charge in [-0.25, -0.2) is 4.98 Å². The van der Waals surface area contributed by atoms with Gasteiger partial charge in [-0.1, -0.05) is 36.7 Å². The Labute approximate surface area is 125 Å². The Morgan fingerprint density at radius 1 is 1.50 bits per heavy atom. The number of halogens is 1. The largest absolute Gasteiger partial charge is 0.345 e. The molecule has 2 rings (SSSR count). The van der Waals surface area contributed by atoms with Crippen LogP contribution in [0.15, 0.2) is 22.9 Å². The highest BCUT2D eigenvalue weighted by Crippen LogP contribution is 2.23. The number of hydrogen-bond acceptors (Lipinski definition) is 3. The minimum atomic E-state index is -0.567. The van der Waals surface area contributed by atoms with E-state index in [1.807, 2.05) is 26.8 Å². The van der Waals surface area contributed by atoms with Crippen molar-refractivity contribution in [3.63, 3.8) is 0 Å². The molecule has 1 atom stereocenters. The third kappa shape index (κ3) is 2.83. The van der Waals surface area contributed by atoms with E-state index < -0.39 is 6.04 Å². The molecule has 20 heavy (non-hydrogen) atoms. The summed E-state index contributed by atoms with van der Waals surface area (Å²) in [7, 11) is 0. The molecule has 1 unspecified atom stereocenters. The van der Waals surface area contributed by atoms with Crippen LogP contribution in [-0.2, 0) is 0 Å². The number of carbonyl (C=O) groups excluding carboxylic acids is 1. The van der Waals surface area contributed by atoms with E-state index in [0.717, 1.165) is 9.99 Å². The van der Waals surface area contributed by atoms with E-state index in [1.165, 1.54) is 0 Å². The topological polar surface area (TPSA) is 81.6 Å². The number of aromatic nitrogens is 2. The summed E-state index contributed by atoms with van der Waals surface area (Å²) in [4.78, 5) is 19.5. The van der Waals surface area contributed by atoms with Crippen LogP contribution in [0.3, 0.4) is 0 Å². The second-order valence-corrected chi connectivity index (χ2v) is 6.57. The molecular weight excluding hydrogens is 320 g/mol. The van der Waals surface area contributed by atoms with Crippen LogP contribution in [0.4, 0.5) is 0 Å². The molecule has 1 heterocycles. The predicted octanol–water partition coefficient (Wildman–Crippen LogP) is 2.99. The Kier molecular flexibility index (Phi) is 3.82. The highest BCUT2D eigenvalue weighted by atomic mass is 79.9. The highest BCUT2D eigenvalue weighted by Gasteiger charge is 2.27. The lowest BCUT2D eigenvalue weighted by Gasteiger charge is -2.25. The summed E-state index contributed by atoms with van der Waals surface area (Å²) in [5.41, 5.74) is 1.48. The molecule has 1 aromatic heterocycles. The average Bonchev–Trinajstić information content (AvgIpc) is 2.80. The number of fused-ring (bicyclic) bond motifs is 1. The summed E-state index contributed by atoms with van der Waals surface area (Å²) in [6.07, 6.45) is 1.54. The summed E-state index contributed by atoms with van der Waals surface area (Å²) in [5, 5.41) is 11.9. The smallest absolute Gasteiger partial charge is 0.254 e. The number of benzene rings is 1. The molecule has 0 aliphatic carbocycles. The Morgan fingerprint density at radius 2 is 2.20 bits per heavy atom. The zero-order valence-electron chi connectivity index (χ0n) is 11.5. The van der Waals surface area contributed by atoms with Crippen molar-refractivity contribution in [2.45, 2.75) is 26.8 Å². The molecule has 0 saturated carbocycles. The molecule has 5 nitrogen and oxygen atoms in total. The second kappa shape index (κ2) is 5.25. The van der Waals surface area contributed by atoms with Crippen LogP contribution in [-0.4, -0.2) is 21.9 Å². The summed E-state index contributed by atoms with van der Waals surface area (Å²) in [5.74, 6) is -0.301. The Balaban J connectivity index is 2.37. The normalized spacial score (nSPS) is 12.9. The van der Waals surface area contributed by atoms with Gasteiger partial charge in [-0.3, -0.25) is 4.79 Å². The fraction of sp³-hybridized carbons (Fsp3) is 0.357. The Bertz CT molecular complexity index is 693. The first-order valence-corrected chi connectivity index (χ1v) is 6.95. The lowest BCUT2D eigenvalue weighted by Crippen LogP contribution is -2.42. The van der Waals surface area contributed by atoms with Crippen LogP contribution in [0.2, 0.25) is 0 Å². The van der Waals surface area contributed by atoms with Crippen molar-refractivity contribution in [3.8, 4) is 6.07 Å². The Morgan fingerprint density at radius 3 is 2.80 bits per heavy atom. The molecule has 104 valence electrons. The van der Waals surface area contributed by atoms with Crippen LogP contribution in [0.5, 0.6) is 0 Å². The zero-order valence-corrected chi connectivity index (χ0v) is 13.1. The number of rotatable bonds is 2. The highest BCUT2D eigenvalue weighted by molar-refractivity contribution is 9.10. The van der Waals surface area contributed by atoms with Crippen LogP contribution >= 0.6 is 15.9 Å². The lowest BCUT2D eigenvalue weighted by atomic mass is 9.87. The van der Waals surface area contributed by atoms with Crippen molar-refractivity contribution in [2.75, 3.05) is 0 Å². The van der Waals surface area contributed by atoms with E-state index in [1.54, 1.807) is 12.4 Å². The number of imidazole rings is 1. The van der Waals surface area contributed by atoms with E-state index in [0.29, 0.717) is 11.1 Å². The van der Waals surface area contributed by atoms with Gasteiger partial charge in [0.25, 0.3) is 5.91 Å². The molecule has 0 fully saturated rings. The maximum absolute atomic E-state index is 12.4. The number of carbonyl (C=O) groups is 1. The molecule has 0 saturated heterocycles. The van der Waals surface area contributed by atoms with Crippen molar-refractivity contribution < 1.29 is 4.79 Å². The minimum absolute atomic E-state index is 0.301. The quantitative estimate of drug-likeness (QED) is 0.885. The number of nitrogens with one attached hydrogen (secondary N) is 2. The first kappa shape index (κ1) is 14.5. The van der Waals surface area contributed by atoms with Crippen molar-refractivity contribution in [2.24, 2.45) is 5.41 Å². The number of nitrogens with zero attached hydrogens (tertiary/aromatic N) is 2. The maximum Gasteiger partial charge on any atom is 0.254 e. The van der Waals surface area contributed by atoms with Crippen molar-refractivity contribution in [1.29, 1.82) is 5.26 Å². The van der Waals surface area contributed by atoms with Gasteiger partial charge >= 0.3 is 0 Å². The molecular formula is C14H15BrN4O. The van der Waals surface area contributed by atoms with Crippen LogP contribution < -0.4 is 5.32 Å². The monoisotopic (exact) mass is 334 g/mol. The number of aromatic amines is 1. The third-order valence-electron chi connectivity index (χ3n) is 3.00. The van der Waals surface area contributed by atoms with Gasteiger partial charge in [-0.2, -0.15) is 5.26 Å². The Hall–Kier alpha value is -1.87. The standard InChI is InChI=1S/C14H15BrN4O/c1-14(2,3)11(6-16)19-13(20)9-4-8(15)5-10-12(9)18-7-17-10/h4-5,7,11H,1-3H3,(H,17,18)(H,19,20). The average molecular weight is 335 g/mol. The molecule has 0 spiro atoms. The van der Waals surface area contributed by atoms with E-state index in [2.05, 4.69) is 37.3 Å². The molecule has 1 aromatic carbocycles. The minimum Gasteiger partial charge on any atom is -0.345 e. The fourth-order valence-electron chi connectivity index (χ4n) is 1.84. The number of nitriles is 1. The van der Waals surface area contributed by atoms with Gasteiger partial charge in [-0.15, -0.1) is 0 Å². The van der Waals surface area contributed by atoms with Crippen LogP contribution in [0.1, 0.15) is 31.1 Å². The molecule has 2 N–H and O–H groups in total. The van der Waals surface area contributed by atoms with Gasteiger partial charge in [-0.05, 0) is 17.5 Å². The third-order valence-corrected chi connectivity index (χ3v) is 3.46. The molecule has 2 aromatic rings. The zero-order chi connectivity index (χ0) is 14.9. The molecule has 6 heteroatoms. The van der Waals surface area contributed by atoms with Gasteiger partial charge in [0.15, 0.2) is 0 Å². The van der Waals surface area contributed by atoms with Gasteiger partial charge in [0.1, 0.15) is 11.6 Å². The molecule has 1 amide bonds. The molecule has 0 radical (unpaired) electrons. The lowest BCUT2D eigenvalue weighted by molar-refractivity contribution is 0.0923. The first-order valence-electron chi connectivity index (χ1n) is 6.16. The number of amides is 1. The predicted molar refractivity (Wildman–Crippen MR) is 80.1 cm³/mol. The van der Waals surface area contributed by atoms with Crippen molar-refractivity contribution >= 4 is 32.9 Å². The number of H-pyrrole nitrogens is 1.